The van der Waals surface area contributed by atoms with E-state index in [0.717, 1.165) is 11.1 Å². The quantitative estimate of drug-likeness (QED) is 0.715. The van der Waals surface area contributed by atoms with E-state index in [1.807, 2.05) is 51.1 Å². The number of carbonyl (C=O) groups excluding carboxylic acids is 1. The summed E-state index contributed by atoms with van der Waals surface area (Å²) in [5.74, 6) is -1.57. The molecule has 4 rings (SSSR count). The van der Waals surface area contributed by atoms with E-state index in [2.05, 4.69) is 12.1 Å². The highest BCUT2D eigenvalue weighted by Gasteiger charge is 2.65. The summed E-state index contributed by atoms with van der Waals surface area (Å²) in [6, 6.07) is 16.6. The molecule has 5 heteroatoms. The summed E-state index contributed by atoms with van der Waals surface area (Å²) < 4.78 is 15.0. The topological polar surface area (TPSA) is 67.9 Å². The van der Waals surface area contributed by atoms with Gasteiger partial charge in [-0.25, -0.2) is 4.39 Å². The summed E-state index contributed by atoms with van der Waals surface area (Å²) in [7, 11) is 0. The zero-order chi connectivity index (χ0) is 21.7. The van der Waals surface area contributed by atoms with Crippen molar-refractivity contribution in [3.05, 3.63) is 77.2 Å². The first-order valence-corrected chi connectivity index (χ1v) is 9.92. The van der Waals surface area contributed by atoms with Crippen molar-refractivity contribution < 1.29 is 9.18 Å². The van der Waals surface area contributed by atoms with Gasteiger partial charge in [-0.3, -0.25) is 4.79 Å². The molecular formula is C25H22FN3O. The lowest BCUT2D eigenvalue weighted by molar-refractivity contribution is -0.130. The van der Waals surface area contributed by atoms with Gasteiger partial charge in [-0.05, 0) is 28.8 Å². The fourth-order valence-electron chi connectivity index (χ4n) is 4.81. The maximum Gasteiger partial charge on any atom is 0.177 e. The fraction of sp³-hybridized carbons (Fsp3) is 0.320. The Bertz CT molecular complexity index is 1120. The van der Waals surface area contributed by atoms with E-state index in [1.54, 1.807) is 29.3 Å². The molecule has 0 bridgehead atoms. The highest BCUT2D eigenvalue weighted by Crippen LogP contribution is 2.60. The van der Waals surface area contributed by atoms with Crippen LogP contribution in [0.4, 0.5) is 4.39 Å². The van der Waals surface area contributed by atoms with E-state index in [0.29, 0.717) is 0 Å². The molecule has 2 heterocycles. The number of rotatable bonds is 2. The third kappa shape index (κ3) is 2.66. The second kappa shape index (κ2) is 6.82. The van der Waals surface area contributed by atoms with Crippen LogP contribution in [0.3, 0.4) is 0 Å². The molecule has 0 N–H and O–H groups in total. The van der Waals surface area contributed by atoms with Gasteiger partial charge in [0.25, 0.3) is 0 Å². The molecule has 2 aromatic rings. The molecule has 150 valence electrons. The van der Waals surface area contributed by atoms with Crippen LogP contribution in [-0.4, -0.2) is 16.7 Å². The number of hydrogen-bond donors (Lipinski definition) is 0. The van der Waals surface area contributed by atoms with Gasteiger partial charge in [0.1, 0.15) is 5.82 Å². The van der Waals surface area contributed by atoms with E-state index in [-0.39, 0.29) is 11.3 Å². The Morgan fingerprint density at radius 1 is 1.03 bits per heavy atom. The van der Waals surface area contributed by atoms with Crippen LogP contribution in [-0.2, 0) is 4.79 Å². The molecule has 1 fully saturated rings. The van der Waals surface area contributed by atoms with Crippen LogP contribution in [0.15, 0.2) is 54.7 Å². The molecular weight excluding hydrogens is 377 g/mol. The number of hydrogen-bond acceptors (Lipinski definition) is 4. The van der Waals surface area contributed by atoms with Gasteiger partial charge >= 0.3 is 0 Å². The Morgan fingerprint density at radius 2 is 1.63 bits per heavy atom. The Kier molecular flexibility index (Phi) is 4.51. The zero-order valence-electron chi connectivity index (χ0n) is 17.1. The highest BCUT2D eigenvalue weighted by atomic mass is 19.1. The van der Waals surface area contributed by atoms with E-state index >= 15 is 0 Å². The highest BCUT2D eigenvalue weighted by molar-refractivity contribution is 5.91. The molecule has 2 aliphatic heterocycles. The molecule has 2 aromatic carbocycles. The monoisotopic (exact) mass is 399 g/mol. The van der Waals surface area contributed by atoms with Crippen molar-refractivity contribution in [2.24, 2.45) is 10.8 Å². The Balaban J connectivity index is 2.05. The van der Waals surface area contributed by atoms with Gasteiger partial charge in [0.15, 0.2) is 11.2 Å². The number of halogens is 1. The molecule has 0 aliphatic carbocycles. The van der Waals surface area contributed by atoms with Crippen molar-refractivity contribution in [3.63, 3.8) is 0 Å². The smallest absolute Gasteiger partial charge is 0.177 e. The summed E-state index contributed by atoms with van der Waals surface area (Å²) in [5, 5.41) is 20.7. The van der Waals surface area contributed by atoms with Crippen molar-refractivity contribution in [2.45, 2.75) is 38.8 Å². The predicted octanol–water partition coefficient (Wildman–Crippen LogP) is 4.97. The van der Waals surface area contributed by atoms with Gasteiger partial charge in [0.2, 0.25) is 0 Å². The number of Topliss-reactive ketones (excluding diaryl/α,β-unsaturated/α-hetero) is 1. The van der Waals surface area contributed by atoms with Crippen LogP contribution in [0.1, 0.15) is 49.4 Å². The minimum absolute atomic E-state index is 0.128. The molecule has 0 saturated carbocycles. The zero-order valence-corrected chi connectivity index (χ0v) is 17.1. The van der Waals surface area contributed by atoms with Crippen LogP contribution in [0.25, 0.3) is 6.08 Å². The Morgan fingerprint density at radius 3 is 2.23 bits per heavy atom. The Labute approximate surface area is 175 Å². The van der Waals surface area contributed by atoms with Crippen LogP contribution >= 0.6 is 0 Å². The van der Waals surface area contributed by atoms with Crippen LogP contribution in [0.5, 0.6) is 0 Å². The van der Waals surface area contributed by atoms with Gasteiger partial charge < -0.3 is 4.90 Å². The molecule has 0 radical (unpaired) electrons. The molecule has 0 unspecified atom stereocenters. The van der Waals surface area contributed by atoms with Gasteiger partial charge in [-0.1, -0.05) is 63.2 Å². The number of carbonyl (C=O) groups is 1. The minimum Gasteiger partial charge on any atom is -0.357 e. The first-order valence-electron chi connectivity index (χ1n) is 9.92. The molecule has 0 spiro atoms. The summed E-state index contributed by atoms with van der Waals surface area (Å²) in [4.78, 5) is 15.4. The van der Waals surface area contributed by atoms with Gasteiger partial charge in [-0.15, -0.1) is 0 Å². The van der Waals surface area contributed by atoms with E-state index in [9.17, 15) is 19.7 Å². The normalized spacial score (nSPS) is 23.8. The van der Waals surface area contributed by atoms with Crippen molar-refractivity contribution in [1.82, 2.24) is 4.90 Å². The number of nitriles is 2. The minimum atomic E-state index is -1.63. The second-order valence-corrected chi connectivity index (χ2v) is 8.95. The third-order valence-electron chi connectivity index (χ3n) is 6.19. The van der Waals surface area contributed by atoms with Gasteiger partial charge in [-0.2, -0.15) is 10.5 Å². The van der Waals surface area contributed by atoms with Crippen molar-refractivity contribution in [3.8, 4) is 12.1 Å². The lowest BCUT2D eigenvalue weighted by Gasteiger charge is -2.36. The molecule has 3 atom stereocenters. The molecule has 30 heavy (non-hydrogen) atoms. The first-order chi connectivity index (χ1) is 14.3. The number of ketones is 1. The Hall–Kier alpha value is -3.44. The van der Waals surface area contributed by atoms with Gasteiger partial charge in [0, 0.05) is 17.5 Å². The van der Waals surface area contributed by atoms with Crippen molar-refractivity contribution >= 4 is 11.9 Å². The molecule has 0 aromatic heterocycles. The van der Waals surface area contributed by atoms with Crippen molar-refractivity contribution in [1.29, 1.82) is 10.5 Å². The third-order valence-corrected chi connectivity index (χ3v) is 6.19. The standard InChI is InChI=1S/C25H22FN3O/c1-24(2,3)23(30)21-20(18-10-6-7-11-19(18)26)25(14-27,15-28)22-17-9-5-4-8-16(17)12-13-29(21)22/h4-13,20-22H,1-3H3/t20-,21+,22-/m1/s1. The SMILES string of the molecule is CC(C)(C)C(=O)[C@@H]1[C@@H](c2ccccc2F)C(C#N)(C#N)[C@H]2c3ccccc3C=CN12. The largest absolute Gasteiger partial charge is 0.357 e. The average Bonchev–Trinajstić information content (AvgIpc) is 3.03. The van der Waals surface area contributed by atoms with Crippen molar-refractivity contribution in [2.75, 3.05) is 0 Å². The summed E-state index contributed by atoms with van der Waals surface area (Å²) in [5.41, 5.74) is -0.444. The molecule has 4 nitrogen and oxygen atoms in total. The second-order valence-electron chi connectivity index (χ2n) is 8.95. The summed E-state index contributed by atoms with van der Waals surface area (Å²) in [6.45, 7) is 5.43. The van der Waals surface area contributed by atoms with Crippen LogP contribution in [0.2, 0.25) is 0 Å². The average molecular weight is 399 g/mol. The van der Waals surface area contributed by atoms with E-state index < -0.39 is 34.6 Å². The van der Waals surface area contributed by atoms with Gasteiger partial charge in [0.05, 0.1) is 24.2 Å². The maximum absolute atomic E-state index is 15.0. The number of nitrogens with zero attached hydrogens (tertiary/aromatic N) is 3. The number of benzene rings is 2. The van der Waals surface area contributed by atoms with E-state index in [1.165, 1.54) is 6.07 Å². The molecule has 1 saturated heterocycles. The summed E-state index contributed by atoms with van der Waals surface area (Å²) >= 11 is 0. The maximum atomic E-state index is 15.0. The van der Waals surface area contributed by atoms with E-state index in [4.69, 9.17) is 0 Å². The summed E-state index contributed by atoms with van der Waals surface area (Å²) in [6.07, 6.45) is 3.67. The fourth-order valence-corrected chi connectivity index (χ4v) is 4.81. The first kappa shape index (κ1) is 19.9. The van der Waals surface area contributed by atoms with Crippen LogP contribution < -0.4 is 0 Å². The lowest BCUT2D eigenvalue weighted by atomic mass is 9.66. The molecule has 2 aliphatic rings. The van der Waals surface area contributed by atoms with Crippen LogP contribution in [0, 0.1) is 39.3 Å². The lowest BCUT2D eigenvalue weighted by Crippen LogP contribution is -2.43. The molecule has 0 amide bonds. The predicted molar refractivity (Wildman–Crippen MR) is 111 cm³/mol. The number of fused-ring (bicyclic) bond motifs is 3.